The van der Waals surface area contributed by atoms with Crippen molar-refractivity contribution in [2.24, 2.45) is 0 Å². The maximum Gasteiger partial charge on any atom is 0.310 e. The molecule has 0 spiro atoms. The molecule has 1 aliphatic heterocycles. The molecule has 0 saturated carbocycles. The van der Waals surface area contributed by atoms with E-state index in [-0.39, 0.29) is 22.9 Å². The van der Waals surface area contributed by atoms with E-state index >= 15 is 0 Å². The van der Waals surface area contributed by atoms with Gasteiger partial charge in [0.2, 0.25) is 10.0 Å². The van der Waals surface area contributed by atoms with Gasteiger partial charge in [-0.15, -0.1) is 0 Å². The Labute approximate surface area is 151 Å². The second-order valence-electron chi connectivity index (χ2n) is 5.68. The van der Waals surface area contributed by atoms with Gasteiger partial charge in [-0.3, -0.25) is 10.1 Å². The van der Waals surface area contributed by atoms with Gasteiger partial charge in [0, 0.05) is 19.2 Å². The zero-order chi connectivity index (χ0) is 18.6. The molecule has 1 fully saturated rings. The van der Waals surface area contributed by atoms with Crippen molar-refractivity contribution in [1.82, 2.24) is 4.31 Å². The van der Waals surface area contributed by atoms with E-state index in [1.165, 1.54) is 28.6 Å². The number of hydrogen-bond acceptors (Lipinski definition) is 6. The van der Waals surface area contributed by atoms with Crippen LogP contribution >= 0.6 is 0 Å². The summed E-state index contributed by atoms with van der Waals surface area (Å²) in [6, 6.07) is 12.5. The first-order valence-corrected chi connectivity index (χ1v) is 9.45. The fourth-order valence-electron chi connectivity index (χ4n) is 2.62. The number of nitrogens with zero attached hydrogens (tertiary/aromatic N) is 2. The Bertz CT molecular complexity index is 894. The number of nitro benzene ring substituents is 1. The van der Waals surface area contributed by atoms with Crippen molar-refractivity contribution in [3.8, 4) is 5.75 Å². The molecule has 0 atom stereocenters. The van der Waals surface area contributed by atoms with Crippen LogP contribution in [0.25, 0.3) is 0 Å². The number of morpholine rings is 1. The summed E-state index contributed by atoms with van der Waals surface area (Å²) in [5.41, 5.74) is 0.474. The lowest BCUT2D eigenvalue weighted by Gasteiger charge is -2.26. The first-order valence-electron chi connectivity index (χ1n) is 8.01. The van der Waals surface area contributed by atoms with Crippen LogP contribution in [-0.4, -0.2) is 43.9 Å². The summed E-state index contributed by atoms with van der Waals surface area (Å²) in [6.07, 6.45) is 0. The third kappa shape index (κ3) is 4.01. The Morgan fingerprint density at radius 1 is 1.12 bits per heavy atom. The van der Waals surface area contributed by atoms with Crippen LogP contribution in [0.2, 0.25) is 0 Å². The SMILES string of the molecule is O=[N+]([O-])c1ccccc1OCc1cccc(S(=O)(=O)N2CCOCC2)c1. The molecule has 9 heteroatoms. The monoisotopic (exact) mass is 378 g/mol. The molecule has 0 amide bonds. The smallest absolute Gasteiger partial charge is 0.310 e. The summed E-state index contributed by atoms with van der Waals surface area (Å²) in [4.78, 5) is 10.7. The summed E-state index contributed by atoms with van der Waals surface area (Å²) in [7, 11) is -3.60. The standard InChI is InChI=1S/C17H18N2O6S/c20-19(21)16-6-1-2-7-17(16)25-13-14-4-3-5-15(12-14)26(22,23)18-8-10-24-11-9-18/h1-7,12H,8-11,13H2. The Morgan fingerprint density at radius 3 is 2.58 bits per heavy atom. The number of benzene rings is 2. The molecule has 2 aromatic carbocycles. The van der Waals surface area contributed by atoms with Gasteiger partial charge >= 0.3 is 5.69 Å². The minimum absolute atomic E-state index is 0.0251. The van der Waals surface area contributed by atoms with Crippen molar-refractivity contribution in [3.05, 3.63) is 64.2 Å². The number of sulfonamides is 1. The summed E-state index contributed by atoms with van der Waals surface area (Å²) in [5, 5.41) is 11.0. The van der Waals surface area contributed by atoms with Gasteiger partial charge in [0.25, 0.3) is 0 Å². The van der Waals surface area contributed by atoms with E-state index in [0.717, 1.165) is 0 Å². The highest BCUT2D eigenvalue weighted by Crippen LogP contribution is 2.27. The van der Waals surface area contributed by atoms with Gasteiger partial charge in [-0.1, -0.05) is 24.3 Å². The van der Waals surface area contributed by atoms with Crippen LogP contribution in [0.1, 0.15) is 5.56 Å². The fourth-order valence-corrected chi connectivity index (χ4v) is 4.10. The lowest BCUT2D eigenvalue weighted by Crippen LogP contribution is -2.40. The van der Waals surface area contributed by atoms with E-state index < -0.39 is 14.9 Å². The molecule has 26 heavy (non-hydrogen) atoms. The molecular formula is C17H18N2O6S. The molecule has 2 aromatic rings. The summed E-state index contributed by atoms with van der Waals surface area (Å²) in [6.45, 7) is 1.41. The Hall–Kier alpha value is -2.49. The third-order valence-electron chi connectivity index (χ3n) is 3.96. The topological polar surface area (TPSA) is 99.0 Å². The highest BCUT2D eigenvalue weighted by molar-refractivity contribution is 7.89. The van der Waals surface area contributed by atoms with E-state index in [1.54, 1.807) is 24.3 Å². The van der Waals surface area contributed by atoms with E-state index in [0.29, 0.717) is 31.9 Å². The molecule has 1 heterocycles. The second kappa shape index (κ2) is 7.81. The van der Waals surface area contributed by atoms with Gasteiger partial charge in [0.05, 0.1) is 23.0 Å². The minimum Gasteiger partial charge on any atom is -0.482 e. The molecule has 0 radical (unpaired) electrons. The molecule has 0 aromatic heterocycles. The third-order valence-corrected chi connectivity index (χ3v) is 5.86. The van der Waals surface area contributed by atoms with Crippen LogP contribution in [0.15, 0.2) is 53.4 Å². The van der Waals surface area contributed by atoms with Gasteiger partial charge in [-0.2, -0.15) is 4.31 Å². The molecule has 0 aliphatic carbocycles. The van der Waals surface area contributed by atoms with Crippen molar-refractivity contribution in [1.29, 1.82) is 0 Å². The summed E-state index contributed by atoms with van der Waals surface area (Å²) in [5.74, 6) is 0.138. The molecule has 1 saturated heterocycles. The molecule has 8 nitrogen and oxygen atoms in total. The highest BCUT2D eigenvalue weighted by Gasteiger charge is 2.26. The zero-order valence-electron chi connectivity index (χ0n) is 13.9. The van der Waals surface area contributed by atoms with Crippen LogP contribution in [0.3, 0.4) is 0 Å². The van der Waals surface area contributed by atoms with Gasteiger partial charge in [-0.05, 0) is 23.8 Å². The minimum atomic E-state index is -3.60. The Kier molecular flexibility index (Phi) is 5.50. The number of rotatable bonds is 6. The predicted octanol–water partition coefficient (Wildman–Crippen LogP) is 2.19. The lowest BCUT2D eigenvalue weighted by atomic mass is 10.2. The highest BCUT2D eigenvalue weighted by atomic mass is 32.2. The predicted molar refractivity (Wildman–Crippen MR) is 93.4 cm³/mol. The van der Waals surface area contributed by atoms with E-state index in [4.69, 9.17) is 9.47 Å². The maximum absolute atomic E-state index is 12.7. The molecule has 1 aliphatic rings. The average Bonchev–Trinajstić information content (AvgIpc) is 2.67. The zero-order valence-corrected chi connectivity index (χ0v) is 14.7. The Morgan fingerprint density at radius 2 is 1.85 bits per heavy atom. The summed E-state index contributed by atoms with van der Waals surface area (Å²) < 4.78 is 37.5. The molecule has 3 rings (SSSR count). The Balaban J connectivity index is 1.77. The van der Waals surface area contributed by atoms with E-state index in [9.17, 15) is 18.5 Å². The van der Waals surface area contributed by atoms with Crippen molar-refractivity contribution >= 4 is 15.7 Å². The lowest BCUT2D eigenvalue weighted by molar-refractivity contribution is -0.385. The van der Waals surface area contributed by atoms with Crippen molar-refractivity contribution in [2.45, 2.75) is 11.5 Å². The molecule has 138 valence electrons. The normalized spacial score (nSPS) is 15.5. The van der Waals surface area contributed by atoms with Gasteiger partial charge in [0.15, 0.2) is 5.75 Å². The largest absolute Gasteiger partial charge is 0.482 e. The maximum atomic E-state index is 12.7. The van der Waals surface area contributed by atoms with Crippen LogP contribution < -0.4 is 4.74 Å². The van der Waals surface area contributed by atoms with Crippen LogP contribution in [0.5, 0.6) is 5.75 Å². The first-order chi connectivity index (χ1) is 12.5. The van der Waals surface area contributed by atoms with Crippen molar-refractivity contribution in [2.75, 3.05) is 26.3 Å². The number of ether oxygens (including phenoxy) is 2. The van der Waals surface area contributed by atoms with Gasteiger partial charge in [-0.25, -0.2) is 8.42 Å². The van der Waals surface area contributed by atoms with Crippen LogP contribution in [-0.2, 0) is 21.4 Å². The second-order valence-corrected chi connectivity index (χ2v) is 7.62. The van der Waals surface area contributed by atoms with E-state index in [1.807, 2.05) is 0 Å². The number of para-hydroxylation sites is 2. The van der Waals surface area contributed by atoms with Crippen molar-refractivity contribution in [3.63, 3.8) is 0 Å². The number of hydrogen-bond donors (Lipinski definition) is 0. The first kappa shape index (κ1) is 18.3. The quantitative estimate of drug-likeness (QED) is 0.564. The molecule has 0 N–H and O–H groups in total. The molecular weight excluding hydrogens is 360 g/mol. The van der Waals surface area contributed by atoms with Crippen LogP contribution in [0, 0.1) is 10.1 Å². The van der Waals surface area contributed by atoms with Gasteiger partial charge in [0.1, 0.15) is 6.61 Å². The molecule has 0 unspecified atom stereocenters. The fraction of sp³-hybridized carbons (Fsp3) is 0.294. The van der Waals surface area contributed by atoms with Crippen LogP contribution in [0.4, 0.5) is 5.69 Å². The van der Waals surface area contributed by atoms with Crippen molar-refractivity contribution < 1.29 is 22.8 Å². The summed E-state index contributed by atoms with van der Waals surface area (Å²) >= 11 is 0. The average molecular weight is 378 g/mol. The van der Waals surface area contributed by atoms with E-state index in [2.05, 4.69) is 0 Å². The van der Waals surface area contributed by atoms with Gasteiger partial charge < -0.3 is 9.47 Å². The number of nitro groups is 1. The molecule has 0 bridgehead atoms.